The normalized spacial score (nSPS) is 18.4. The van der Waals surface area contributed by atoms with Crippen LogP contribution in [0.15, 0.2) is 55.1 Å². The van der Waals surface area contributed by atoms with Crippen LogP contribution in [0, 0.1) is 0 Å². The quantitative estimate of drug-likeness (QED) is 0.347. The fourth-order valence-corrected chi connectivity index (χ4v) is 5.60. The van der Waals surface area contributed by atoms with Crippen LogP contribution in [0.3, 0.4) is 0 Å². The third-order valence-electron chi connectivity index (χ3n) is 7.14. The van der Waals surface area contributed by atoms with Crippen LogP contribution in [0.4, 0.5) is 5.82 Å². The molecule has 0 aliphatic carbocycles. The van der Waals surface area contributed by atoms with Crippen LogP contribution in [0.25, 0.3) is 27.7 Å². The first kappa shape index (κ1) is 24.2. The molecular weight excluding hydrogens is 480 g/mol. The lowest BCUT2D eigenvalue weighted by Crippen LogP contribution is -2.56. The monoisotopic (exact) mass is 512 g/mol. The molecule has 5 aromatic heterocycles. The van der Waals surface area contributed by atoms with E-state index >= 15 is 0 Å². The summed E-state index contributed by atoms with van der Waals surface area (Å²) in [6.07, 6.45) is 7.57. The molecule has 5 aromatic rings. The summed E-state index contributed by atoms with van der Waals surface area (Å²) < 4.78 is 12.9. The Kier molecular flexibility index (Phi) is 6.32. The smallest absolute Gasteiger partial charge is 0.212 e. The van der Waals surface area contributed by atoms with Crippen molar-refractivity contribution in [3.8, 4) is 22.8 Å². The number of piperazine rings is 1. The Bertz CT molecular complexity index is 1530. The van der Waals surface area contributed by atoms with E-state index in [1.54, 1.807) is 7.11 Å². The Hall–Kier alpha value is -4.18. The fourth-order valence-electron chi connectivity index (χ4n) is 5.60. The van der Waals surface area contributed by atoms with Gasteiger partial charge in [-0.3, -0.25) is 10.00 Å². The Morgan fingerprint density at radius 1 is 1.03 bits per heavy atom. The molecule has 1 aliphatic rings. The van der Waals surface area contributed by atoms with E-state index in [0.717, 1.165) is 58.9 Å². The zero-order valence-corrected chi connectivity index (χ0v) is 22.1. The van der Waals surface area contributed by atoms with Crippen LogP contribution in [-0.4, -0.2) is 73.6 Å². The van der Waals surface area contributed by atoms with Crippen molar-refractivity contribution < 1.29 is 9.47 Å². The zero-order chi connectivity index (χ0) is 26.2. The van der Waals surface area contributed by atoms with E-state index in [2.05, 4.69) is 68.2 Å². The number of rotatable bonds is 7. The maximum Gasteiger partial charge on any atom is 0.212 e. The maximum absolute atomic E-state index is 5.83. The lowest BCUT2D eigenvalue weighted by Gasteiger charge is -2.45. The predicted molar refractivity (Wildman–Crippen MR) is 147 cm³/mol. The number of anilines is 1. The summed E-state index contributed by atoms with van der Waals surface area (Å²) in [4.78, 5) is 14.2. The molecule has 10 heteroatoms. The van der Waals surface area contributed by atoms with E-state index in [0.29, 0.717) is 24.6 Å². The molecule has 0 unspecified atom stereocenters. The summed E-state index contributed by atoms with van der Waals surface area (Å²) >= 11 is 0. The van der Waals surface area contributed by atoms with Gasteiger partial charge >= 0.3 is 0 Å². The first-order valence-electron chi connectivity index (χ1n) is 13.0. The van der Waals surface area contributed by atoms with Crippen LogP contribution in [0.5, 0.6) is 11.6 Å². The van der Waals surface area contributed by atoms with Gasteiger partial charge in [-0.05, 0) is 44.5 Å². The molecule has 10 nitrogen and oxygen atoms in total. The highest BCUT2D eigenvalue weighted by Crippen LogP contribution is 2.34. The van der Waals surface area contributed by atoms with Crippen LogP contribution in [0.2, 0.25) is 0 Å². The molecule has 6 rings (SSSR count). The molecule has 0 radical (unpaired) electrons. The number of hydrogen-bond donors (Lipinski definition) is 1. The number of pyridine rings is 3. The van der Waals surface area contributed by atoms with Gasteiger partial charge in [-0.25, -0.2) is 14.5 Å². The highest BCUT2D eigenvalue weighted by molar-refractivity contribution is 6.00. The molecule has 1 fully saturated rings. The zero-order valence-electron chi connectivity index (χ0n) is 22.1. The number of ether oxygens (including phenoxy) is 2. The van der Waals surface area contributed by atoms with Crippen molar-refractivity contribution in [1.82, 2.24) is 34.7 Å². The van der Waals surface area contributed by atoms with Crippen molar-refractivity contribution in [2.75, 3.05) is 31.7 Å². The van der Waals surface area contributed by atoms with Gasteiger partial charge in [0.25, 0.3) is 0 Å². The van der Waals surface area contributed by atoms with E-state index in [1.165, 1.54) is 5.56 Å². The number of aromatic nitrogens is 6. The number of methoxy groups -OCH3 is 1. The highest BCUT2D eigenvalue weighted by atomic mass is 16.5. The second-order valence-electron chi connectivity index (χ2n) is 9.86. The number of hydrogen-bond acceptors (Lipinski definition) is 8. The van der Waals surface area contributed by atoms with Crippen molar-refractivity contribution in [2.24, 2.45) is 0 Å². The van der Waals surface area contributed by atoms with Crippen LogP contribution in [0.1, 0.15) is 26.3 Å². The van der Waals surface area contributed by atoms with Crippen LogP contribution in [-0.2, 0) is 6.54 Å². The number of nitrogens with one attached hydrogen (secondary N) is 1. The van der Waals surface area contributed by atoms with Gasteiger partial charge in [0, 0.05) is 61.3 Å². The van der Waals surface area contributed by atoms with E-state index in [-0.39, 0.29) is 0 Å². The van der Waals surface area contributed by atoms with Crippen molar-refractivity contribution in [2.45, 2.75) is 39.4 Å². The van der Waals surface area contributed by atoms with Crippen molar-refractivity contribution in [3.05, 3.63) is 60.7 Å². The van der Waals surface area contributed by atoms with E-state index in [4.69, 9.17) is 14.5 Å². The van der Waals surface area contributed by atoms with Gasteiger partial charge in [0.15, 0.2) is 5.65 Å². The van der Waals surface area contributed by atoms with Crippen molar-refractivity contribution in [3.63, 3.8) is 0 Å². The van der Waals surface area contributed by atoms with Gasteiger partial charge in [-0.2, -0.15) is 5.10 Å². The molecule has 0 spiro atoms. The molecule has 0 bridgehead atoms. The average Bonchev–Trinajstić information content (AvgIpc) is 3.50. The molecule has 0 amide bonds. The van der Waals surface area contributed by atoms with Gasteiger partial charge in [0.2, 0.25) is 5.88 Å². The largest absolute Gasteiger partial charge is 0.492 e. The summed E-state index contributed by atoms with van der Waals surface area (Å²) in [7, 11) is 1.64. The summed E-state index contributed by atoms with van der Waals surface area (Å²) in [6, 6.07) is 11.0. The minimum absolute atomic E-state index is 0.316. The Balaban J connectivity index is 1.24. The Morgan fingerprint density at radius 3 is 2.55 bits per heavy atom. The third-order valence-corrected chi connectivity index (χ3v) is 7.14. The summed E-state index contributed by atoms with van der Waals surface area (Å²) in [5.41, 5.74) is 4.94. The number of fused-ring (bicyclic) bond motifs is 3. The fraction of sp³-hybridized carbons (Fsp3) is 0.357. The average molecular weight is 513 g/mol. The maximum atomic E-state index is 5.83. The summed E-state index contributed by atoms with van der Waals surface area (Å²) in [5, 5.41) is 12.7. The van der Waals surface area contributed by atoms with Crippen LogP contribution < -0.4 is 14.4 Å². The minimum Gasteiger partial charge on any atom is -0.492 e. The Morgan fingerprint density at radius 2 is 1.87 bits per heavy atom. The number of aromatic amines is 1. The number of nitrogens with zero attached hydrogens (tertiary/aromatic N) is 7. The van der Waals surface area contributed by atoms with Gasteiger partial charge in [-0.15, -0.1) is 5.10 Å². The lowest BCUT2D eigenvalue weighted by atomic mass is 10.0. The first-order valence-corrected chi connectivity index (χ1v) is 13.0. The molecule has 2 atom stereocenters. The minimum atomic E-state index is 0.316. The predicted octanol–water partition coefficient (Wildman–Crippen LogP) is 4.17. The molecule has 1 saturated heterocycles. The van der Waals surface area contributed by atoms with Crippen molar-refractivity contribution in [1.29, 1.82) is 0 Å². The molecule has 196 valence electrons. The highest BCUT2D eigenvalue weighted by Gasteiger charge is 2.30. The standard InChI is InChI=1S/C28H32N8O2/c1-5-38-22-10-23(27-24-13-31-32-28(24)33-35(27)17-22)21-7-8-25(29-12-21)36-18(2)14-34(15-19(36)3)16-20-6-9-26(37-4)30-11-20/h6-13,17-19H,5,14-16H2,1-4H3,(H,32,33)/t18-,19+. The molecule has 6 heterocycles. The first-order chi connectivity index (χ1) is 18.5. The second kappa shape index (κ2) is 9.94. The van der Waals surface area contributed by atoms with Gasteiger partial charge in [0.05, 0.1) is 37.0 Å². The molecule has 0 aromatic carbocycles. The second-order valence-corrected chi connectivity index (χ2v) is 9.86. The van der Waals surface area contributed by atoms with E-state index in [9.17, 15) is 0 Å². The summed E-state index contributed by atoms with van der Waals surface area (Å²) in [6.45, 7) is 9.86. The van der Waals surface area contributed by atoms with E-state index < -0.39 is 0 Å². The Labute approximate surface area is 221 Å². The van der Waals surface area contributed by atoms with Crippen molar-refractivity contribution >= 4 is 22.4 Å². The van der Waals surface area contributed by atoms with E-state index in [1.807, 2.05) is 42.3 Å². The topological polar surface area (TPSA) is 96.7 Å². The van der Waals surface area contributed by atoms with Gasteiger partial charge < -0.3 is 14.4 Å². The lowest BCUT2D eigenvalue weighted by molar-refractivity contribution is 0.191. The van der Waals surface area contributed by atoms with Crippen LogP contribution >= 0.6 is 0 Å². The molecule has 0 saturated carbocycles. The molecule has 1 aliphatic heterocycles. The SMILES string of the molecule is CCOc1cc(-c2ccc(N3[C@H](C)CN(Cc4ccc(OC)nc4)C[C@@H]3C)nc2)c2c3cn[nH]c3nn2c1. The van der Waals surface area contributed by atoms with Gasteiger partial charge in [0.1, 0.15) is 11.6 Å². The van der Waals surface area contributed by atoms with Gasteiger partial charge in [-0.1, -0.05) is 6.07 Å². The number of H-pyrrole nitrogens is 1. The molecular formula is C28H32N8O2. The molecule has 38 heavy (non-hydrogen) atoms. The molecule has 1 N–H and O–H groups in total. The third kappa shape index (κ3) is 4.41. The summed E-state index contributed by atoms with van der Waals surface area (Å²) in [5.74, 6) is 2.39.